The van der Waals surface area contributed by atoms with E-state index in [1.165, 1.54) is 13.2 Å². The standard InChI is InChI=1S/C20H30FN3O4/c1-20(2,3)28-19(26)22-8-5-9-23-10-12-24(13-11-23)15-6-7-17(21)16(14-15)18(25)27-4/h6-7,14H,5,8-13H2,1-4H3,(H,22,26). The molecule has 8 heteroatoms. The first-order chi connectivity index (χ1) is 13.2. The minimum atomic E-state index is -0.671. The smallest absolute Gasteiger partial charge is 0.407 e. The molecule has 28 heavy (non-hydrogen) atoms. The highest BCUT2D eigenvalue weighted by Crippen LogP contribution is 2.21. The van der Waals surface area contributed by atoms with Gasteiger partial charge in [0.25, 0.3) is 0 Å². The Balaban J connectivity index is 1.74. The number of ether oxygens (including phenoxy) is 2. The molecule has 2 rings (SSSR count). The zero-order chi connectivity index (χ0) is 20.7. The van der Waals surface area contributed by atoms with Gasteiger partial charge in [0.2, 0.25) is 0 Å². The Morgan fingerprint density at radius 3 is 2.46 bits per heavy atom. The predicted molar refractivity (Wildman–Crippen MR) is 105 cm³/mol. The lowest BCUT2D eigenvalue weighted by Crippen LogP contribution is -2.47. The van der Waals surface area contributed by atoms with Crippen LogP contribution < -0.4 is 10.2 Å². The number of anilines is 1. The van der Waals surface area contributed by atoms with Gasteiger partial charge < -0.3 is 19.7 Å². The van der Waals surface area contributed by atoms with Gasteiger partial charge in [0.15, 0.2) is 0 Å². The zero-order valence-corrected chi connectivity index (χ0v) is 17.1. The van der Waals surface area contributed by atoms with Gasteiger partial charge in [0.05, 0.1) is 12.7 Å². The van der Waals surface area contributed by atoms with Crippen LogP contribution >= 0.6 is 0 Å². The summed E-state index contributed by atoms with van der Waals surface area (Å²) in [5, 5.41) is 2.76. The van der Waals surface area contributed by atoms with E-state index in [1.54, 1.807) is 12.1 Å². The maximum Gasteiger partial charge on any atom is 0.407 e. The molecular weight excluding hydrogens is 365 g/mol. The lowest BCUT2D eigenvalue weighted by molar-refractivity contribution is 0.0524. The number of esters is 1. The summed E-state index contributed by atoms with van der Waals surface area (Å²) in [6.45, 7) is 10.2. The van der Waals surface area contributed by atoms with Gasteiger partial charge in [-0.2, -0.15) is 0 Å². The quantitative estimate of drug-likeness (QED) is 0.590. The Hall–Kier alpha value is -2.35. The van der Waals surface area contributed by atoms with E-state index < -0.39 is 23.5 Å². The fourth-order valence-electron chi connectivity index (χ4n) is 3.01. The van der Waals surface area contributed by atoms with E-state index in [1.807, 2.05) is 20.8 Å². The Morgan fingerprint density at radius 1 is 1.18 bits per heavy atom. The van der Waals surface area contributed by atoms with E-state index in [0.717, 1.165) is 44.8 Å². The fraction of sp³-hybridized carbons (Fsp3) is 0.600. The van der Waals surface area contributed by atoms with E-state index in [0.29, 0.717) is 6.54 Å². The largest absolute Gasteiger partial charge is 0.465 e. The number of piperazine rings is 1. The molecule has 1 saturated heterocycles. The van der Waals surface area contributed by atoms with Gasteiger partial charge in [-0.25, -0.2) is 14.0 Å². The average Bonchev–Trinajstić information content (AvgIpc) is 2.64. The van der Waals surface area contributed by atoms with Gasteiger partial charge in [-0.15, -0.1) is 0 Å². The first-order valence-electron chi connectivity index (χ1n) is 9.51. The van der Waals surface area contributed by atoms with E-state index >= 15 is 0 Å². The molecule has 0 saturated carbocycles. The Labute approximate surface area is 165 Å². The normalized spacial score (nSPS) is 15.2. The van der Waals surface area contributed by atoms with Crippen LogP contribution in [-0.2, 0) is 9.47 Å². The Bertz CT molecular complexity index is 683. The monoisotopic (exact) mass is 395 g/mol. The number of rotatable bonds is 6. The minimum absolute atomic E-state index is 0.0457. The van der Waals surface area contributed by atoms with Crippen molar-refractivity contribution in [2.75, 3.05) is 51.3 Å². The van der Waals surface area contributed by atoms with Crippen molar-refractivity contribution in [3.05, 3.63) is 29.6 Å². The number of amides is 1. The number of carbonyl (C=O) groups is 2. The summed E-state index contributed by atoms with van der Waals surface area (Å²) in [5.74, 6) is -1.25. The fourth-order valence-corrected chi connectivity index (χ4v) is 3.01. The molecule has 1 aromatic carbocycles. The first kappa shape index (κ1) is 21.9. The molecule has 1 heterocycles. The van der Waals surface area contributed by atoms with E-state index in [2.05, 4.69) is 19.9 Å². The average molecular weight is 395 g/mol. The van der Waals surface area contributed by atoms with Crippen LogP contribution in [0.4, 0.5) is 14.9 Å². The molecule has 1 amide bonds. The molecule has 0 aromatic heterocycles. The van der Waals surface area contributed by atoms with Crippen LogP contribution in [0.2, 0.25) is 0 Å². The topological polar surface area (TPSA) is 71.1 Å². The molecule has 1 aromatic rings. The molecule has 0 bridgehead atoms. The zero-order valence-electron chi connectivity index (χ0n) is 17.1. The van der Waals surface area contributed by atoms with Gasteiger partial charge in [-0.3, -0.25) is 4.90 Å². The lowest BCUT2D eigenvalue weighted by Gasteiger charge is -2.36. The van der Waals surface area contributed by atoms with Crippen LogP contribution in [0, 0.1) is 5.82 Å². The van der Waals surface area contributed by atoms with Crippen molar-refractivity contribution < 1.29 is 23.5 Å². The third kappa shape index (κ3) is 6.67. The molecule has 1 fully saturated rings. The summed E-state index contributed by atoms with van der Waals surface area (Å²) in [7, 11) is 1.24. The second-order valence-corrected chi connectivity index (χ2v) is 7.77. The van der Waals surface area contributed by atoms with Crippen molar-refractivity contribution >= 4 is 17.7 Å². The minimum Gasteiger partial charge on any atom is -0.465 e. The number of hydrogen-bond acceptors (Lipinski definition) is 6. The number of methoxy groups -OCH3 is 1. The molecule has 1 N–H and O–H groups in total. The maximum absolute atomic E-state index is 13.8. The van der Waals surface area contributed by atoms with Gasteiger partial charge >= 0.3 is 12.1 Å². The SMILES string of the molecule is COC(=O)c1cc(N2CCN(CCCNC(=O)OC(C)(C)C)CC2)ccc1F. The summed E-state index contributed by atoms with van der Waals surface area (Å²) >= 11 is 0. The molecule has 156 valence electrons. The number of alkyl carbamates (subject to hydrolysis) is 1. The van der Waals surface area contributed by atoms with Crippen LogP contribution in [-0.4, -0.2) is 68.9 Å². The summed E-state index contributed by atoms with van der Waals surface area (Å²) in [6, 6.07) is 4.53. The van der Waals surface area contributed by atoms with Crippen LogP contribution in [0.3, 0.4) is 0 Å². The third-order valence-corrected chi connectivity index (χ3v) is 4.41. The first-order valence-corrected chi connectivity index (χ1v) is 9.51. The summed E-state index contributed by atoms with van der Waals surface area (Å²) in [5.41, 5.74) is 0.276. The highest BCUT2D eigenvalue weighted by atomic mass is 19.1. The molecule has 7 nitrogen and oxygen atoms in total. The van der Waals surface area contributed by atoms with E-state index in [4.69, 9.17) is 4.74 Å². The molecule has 0 unspecified atom stereocenters. The number of hydrogen-bond donors (Lipinski definition) is 1. The number of carbonyl (C=O) groups excluding carboxylic acids is 2. The number of nitrogens with zero attached hydrogens (tertiary/aromatic N) is 2. The van der Waals surface area contributed by atoms with Crippen molar-refractivity contribution in [3.63, 3.8) is 0 Å². The molecule has 1 aliphatic heterocycles. The lowest BCUT2D eigenvalue weighted by atomic mass is 10.1. The molecule has 0 aliphatic carbocycles. The van der Waals surface area contributed by atoms with Crippen molar-refractivity contribution in [2.24, 2.45) is 0 Å². The van der Waals surface area contributed by atoms with Gasteiger partial charge in [-0.1, -0.05) is 0 Å². The summed E-state index contributed by atoms with van der Waals surface area (Å²) in [6.07, 6.45) is 0.442. The van der Waals surface area contributed by atoms with Crippen LogP contribution in [0.1, 0.15) is 37.6 Å². The maximum atomic E-state index is 13.8. The molecule has 0 radical (unpaired) electrons. The summed E-state index contributed by atoms with van der Waals surface area (Å²) < 4.78 is 23.6. The molecular formula is C20H30FN3O4. The molecule has 1 aliphatic rings. The second kappa shape index (κ2) is 9.73. The number of nitrogens with one attached hydrogen (secondary N) is 1. The van der Waals surface area contributed by atoms with Gasteiger partial charge in [0.1, 0.15) is 11.4 Å². The summed E-state index contributed by atoms with van der Waals surface area (Å²) in [4.78, 5) is 27.7. The van der Waals surface area contributed by atoms with Crippen molar-refractivity contribution in [1.82, 2.24) is 10.2 Å². The van der Waals surface area contributed by atoms with Crippen LogP contribution in [0.5, 0.6) is 0 Å². The Kier molecular flexibility index (Phi) is 7.62. The van der Waals surface area contributed by atoms with E-state index in [9.17, 15) is 14.0 Å². The molecule has 0 atom stereocenters. The van der Waals surface area contributed by atoms with Crippen molar-refractivity contribution in [3.8, 4) is 0 Å². The number of halogens is 1. The van der Waals surface area contributed by atoms with Crippen LogP contribution in [0.25, 0.3) is 0 Å². The van der Waals surface area contributed by atoms with Gasteiger partial charge in [-0.05, 0) is 51.9 Å². The second-order valence-electron chi connectivity index (χ2n) is 7.77. The predicted octanol–water partition coefficient (Wildman–Crippen LogP) is 2.65. The highest BCUT2D eigenvalue weighted by molar-refractivity contribution is 5.90. The van der Waals surface area contributed by atoms with Crippen molar-refractivity contribution in [1.29, 1.82) is 0 Å². The van der Waals surface area contributed by atoms with Gasteiger partial charge in [0, 0.05) is 38.4 Å². The third-order valence-electron chi connectivity index (χ3n) is 4.41. The molecule has 0 spiro atoms. The van der Waals surface area contributed by atoms with Crippen molar-refractivity contribution in [2.45, 2.75) is 32.8 Å². The van der Waals surface area contributed by atoms with E-state index in [-0.39, 0.29) is 5.56 Å². The number of benzene rings is 1. The highest BCUT2D eigenvalue weighted by Gasteiger charge is 2.20. The van der Waals surface area contributed by atoms with Crippen LogP contribution in [0.15, 0.2) is 18.2 Å². The Morgan fingerprint density at radius 2 is 1.86 bits per heavy atom.